The van der Waals surface area contributed by atoms with Crippen molar-refractivity contribution in [3.63, 3.8) is 0 Å². The third-order valence-corrected chi connectivity index (χ3v) is 3.44. The quantitative estimate of drug-likeness (QED) is 0.722. The zero-order valence-corrected chi connectivity index (χ0v) is 11.6. The highest BCUT2D eigenvalue weighted by molar-refractivity contribution is 5.59. The van der Waals surface area contributed by atoms with Gasteiger partial charge in [0.15, 0.2) is 0 Å². The minimum Gasteiger partial charge on any atom is -0.399 e. The minimum absolute atomic E-state index is 0.0715. The second kappa shape index (κ2) is 5.81. The van der Waals surface area contributed by atoms with Crippen molar-refractivity contribution in [2.75, 3.05) is 5.73 Å². The van der Waals surface area contributed by atoms with E-state index >= 15 is 0 Å². The Balaban J connectivity index is 1.86. The molecule has 106 valence electrons. The molecule has 2 aromatic carbocycles. The molecule has 21 heavy (non-hydrogen) atoms. The third kappa shape index (κ3) is 2.95. The number of aliphatic hydroxyl groups excluding tert-OH is 1. The number of nitrogen functional groups attached to an aromatic ring is 1. The summed E-state index contributed by atoms with van der Waals surface area (Å²) in [5, 5.41) is 9.07. The van der Waals surface area contributed by atoms with E-state index in [1.807, 2.05) is 54.7 Å². The molecule has 3 rings (SSSR count). The SMILES string of the molecule is Nc1ccc(-c2nccn2Cc2ccc(CO)cc2)cc1. The molecule has 0 saturated carbocycles. The van der Waals surface area contributed by atoms with Crippen molar-refractivity contribution in [1.82, 2.24) is 9.55 Å². The molecule has 0 spiro atoms. The highest BCUT2D eigenvalue weighted by Crippen LogP contribution is 2.20. The number of aliphatic hydroxyl groups is 1. The summed E-state index contributed by atoms with van der Waals surface area (Å²) in [5.74, 6) is 0.918. The zero-order valence-electron chi connectivity index (χ0n) is 11.6. The first-order chi connectivity index (χ1) is 10.3. The summed E-state index contributed by atoms with van der Waals surface area (Å²) in [6, 6.07) is 15.6. The van der Waals surface area contributed by atoms with Gasteiger partial charge in [-0.3, -0.25) is 0 Å². The second-order valence-corrected chi connectivity index (χ2v) is 4.98. The van der Waals surface area contributed by atoms with Crippen molar-refractivity contribution in [1.29, 1.82) is 0 Å². The number of aromatic nitrogens is 2. The summed E-state index contributed by atoms with van der Waals surface area (Å²) in [6.45, 7) is 0.813. The van der Waals surface area contributed by atoms with Gasteiger partial charge in [-0.15, -0.1) is 0 Å². The van der Waals surface area contributed by atoms with Gasteiger partial charge >= 0.3 is 0 Å². The standard InChI is InChI=1S/C17H17N3O/c18-16-7-5-15(6-8-16)17-19-9-10-20(17)11-13-1-3-14(12-21)4-2-13/h1-10,21H,11-12,18H2. The number of imidazole rings is 1. The van der Waals surface area contributed by atoms with Gasteiger partial charge in [-0.05, 0) is 35.4 Å². The Kier molecular flexibility index (Phi) is 3.71. The first-order valence-corrected chi connectivity index (χ1v) is 6.82. The Bertz CT molecular complexity index is 715. The van der Waals surface area contributed by atoms with E-state index in [1.165, 1.54) is 5.56 Å². The molecule has 4 nitrogen and oxygen atoms in total. The summed E-state index contributed by atoms with van der Waals surface area (Å²) in [6.07, 6.45) is 3.76. The van der Waals surface area contributed by atoms with Crippen molar-refractivity contribution in [3.05, 3.63) is 72.1 Å². The van der Waals surface area contributed by atoms with E-state index in [0.29, 0.717) is 0 Å². The van der Waals surface area contributed by atoms with E-state index in [-0.39, 0.29) is 6.61 Å². The molecule has 0 amide bonds. The number of rotatable bonds is 4. The number of nitrogens with zero attached hydrogens (tertiary/aromatic N) is 2. The van der Waals surface area contributed by atoms with Crippen molar-refractivity contribution in [2.24, 2.45) is 0 Å². The molecule has 4 heteroatoms. The van der Waals surface area contributed by atoms with Crippen LogP contribution >= 0.6 is 0 Å². The lowest BCUT2D eigenvalue weighted by molar-refractivity contribution is 0.282. The van der Waals surface area contributed by atoms with Gasteiger partial charge in [0.1, 0.15) is 5.82 Å². The van der Waals surface area contributed by atoms with Gasteiger partial charge in [0, 0.05) is 30.2 Å². The van der Waals surface area contributed by atoms with Crippen LogP contribution in [-0.4, -0.2) is 14.7 Å². The van der Waals surface area contributed by atoms with Crippen LogP contribution in [0.2, 0.25) is 0 Å². The molecule has 3 N–H and O–H groups in total. The van der Waals surface area contributed by atoms with Crippen LogP contribution in [0.4, 0.5) is 5.69 Å². The average molecular weight is 279 g/mol. The van der Waals surface area contributed by atoms with Crippen LogP contribution in [0.1, 0.15) is 11.1 Å². The molecule has 1 aromatic heterocycles. The lowest BCUT2D eigenvalue weighted by Crippen LogP contribution is -2.01. The van der Waals surface area contributed by atoms with E-state index in [1.54, 1.807) is 6.20 Å². The molecule has 1 heterocycles. The molecule has 0 fully saturated rings. The highest BCUT2D eigenvalue weighted by Gasteiger charge is 2.06. The van der Waals surface area contributed by atoms with Crippen LogP contribution in [0.15, 0.2) is 60.9 Å². The molecule has 0 saturated heterocycles. The van der Waals surface area contributed by atoms with Gasteiger partial charge in [0.25, 0.3) is 0 Å². The van der Waals surface area contributed by atoms with Crippen LogP contribution in [-0.2, 0) is 13.2 Å². The third-order valence-electron chi connectivity index (χ3n) is 3.44. The fourth-order valence-corrected chi connectivity index (χ4v) is 2.28. The van der Waals surface area contributed by atoms with E-state index in [2.05, 4.69) is 9.55 Å². The van der Waals surface area contributed by atoms with Gasteiger partial charge in [0.05, 0.1) is 6.61 Å². The molecular formula is C17H17N3O. The number of anilines is 1. The summed E-state index contributed by atoms with van der Waals surface area (Å²) in [7, 11) is 0. The Labute approximate surface area is 123 Å². The van der Waals surface area contributed by atoms with E-state index in [0.717, 1.165) is 29.2 Å². The topological polar surface area (TPSA) is 64.1 Å². The van der Waals surface area contributed by atoms with Gasteiger partial charge in [-0.2, -0.15) is 0 Å². The monoisotopic (exact) mass is 279 g/mol. The fraction of sp³-hybridized carbons (Fsp3) is 0.118. The zero-order chi connectivity index (χ0) is 14.7. The first-order valence-electron chi connectivity index (χ1n) is 6.82. The van der Waals surface area contributed by atoms with Crippen LogP contribution in [0.3, 0.4) is 0 Å². The summed E-state index contributed by atoms with van der Waals surface area (Å²) >= 11 is 0. The lowest BCUT2D eigenvalue weighted by atomic mass is 10.1. The van der Waals surface area contributed by atoms with Gasteiger partial charge < -0.3 is 15.4 Å². The Morgan fingerprint density at radius 2 is 1.62 bits per heavy atom. The Morgan fingerprint density at radius 3 is 2.29 bits per heavy atom. The second-order valence-electron chi connectivity index (χ2n) is 4.98. The fourth-order valence-electron chi connectivity index (χ4n) is 2.28. The largest absolute Gasteiger partial charge is 0.399 e. The predicted octanol–water partition coefficient (Wildman–Crippen LogP) is 2.67. The van der Waals surface area contributed by atoms with Crippen LogP contribution in [0, 0.1) is 0 Å². The Hall–Kier alpha value is -2.59. The van der Waals surface area contributed by atoms with Crippen molar-refractivity contribution < 1.29 is 5.11 Å². The van der Waals surface area contributed by atoms with E-state index in [4.69, 9.17) is 10.8 Å². The number of hydrogen-bond donors (Lipinski definition) is 2. The van der Waals surface area contributed by atoms with Gasteiger partial charge in [0.2, 0.25) is 0 Å². The smallest absolute Gasteiger partial charge is 0.140 e. The Morgan fingerprint density at radius 1 is 0.952 bits per heavy atom. The first kappa shape index (κ1) is 13.4. The normalized spacial score (nSPS) is 10.7. The van der Waals surface area contributed by atoms with Crippen LogP contribution in [0.25, 0.3) is 11.4 Å². The highest BCUT2D eigenvalue weighted by atomic mass is 16.3. The molecule has 3 aromatic rings. The maximum absolute atomic E-state index is 9.07. The molecule has 0 aliphatic heterocycles. The van der Waals surface area contributed by atoms with Crippen molar-refractivity contribution in [2.45, 2.75) is 13.2 Å². The van der Waals surface area contributed by atoms with Crippen molar-refractivity contribution >= 4 is 5.69 Å². The number of benzene rings is 2. The molecule has 0 aliphatic carbocycles. The molecular weight excluding hydrogens is 262 g/mol. The van der Waals surface area contributed by atoms with E-state index < -0.39 is 0 Å². The van der Waals surface area contributed by atoms with Crippen LogP contribution < -0.4 is 5.73 Å². The van der Waals surface area contributed by atoms with E-state index in [9.17, 15) is 0 Å². The number of nitrogens with two attached hydrogens (primary N) is 1. The predicted molar refractivity (Wildman–Crippen MR) is 83.5 cm³/mol. The summed E-state index contributed by atoms with van der Waals surface area (Å²) < 4.78 is 2.10. The van der Waals surface area contributed by atoms with Gasteiger partial charge in [-0.25, -0.2) is 4.98 Å². The molecule has 0 aliphatic rings. The summed E-state index contributed by atoms with van der Waals surface area (Å²) in [5.41, 5.74) is 9.60. The molecule has 0 radical (unpaired) electrons. The van der Waals surface area contributed by atoms with Crippen LogP contribution in [0.5, 0.6) is 0 Å². The average Bonchev–Trinajstić information content (AvgIpc) is 2.97. The maximum Gasteiger partial charge on any atom is 0.140 e. The summed E-state index contributed by atoms with van der Waals surface area (Å²) in [4.78, 5) is 4.43. The van der Waals surface area contributed by atoms with Gasteiger partial charge in [-0.1, -0.05) is 24.3 Å². The lowest BCUT2D eigenvalue weighted by Gasteiger charge is -2.09. The molecule has 0 atom stereocenters. The molecule has 0 unspecified atom stereocenters. The van der Waals surface area contributed by atoms with Crippen molar-refractivity contribution in [3.8, 4) is 11.4 Å². The maximum atomic E-state index is 9.07. The number of hydrogen-bond acceptors (Lipinski definition) is 3. The minimum atomic E-state index is 0.0715. The molecule has 0 bridgehead atoms.